The first-order valence-corrected chi connectivity index (χ1v) is 5.85. The standard InChI is InChI=1S/C14H11N5O/c20-15-11-14(18-16-12-7-3-1-4-8-12)19-17-13-9-5-2-6-10-13/h1-11H. The average molecular weight is 265 g/mol. The molecule has 20 heavy (non-hydrogen) atoms. The van der Waals surface area contributed by atoms with Crippen LogP contribution in [0.1, 0.15) is 0 Å². The minimum Gasteiger partial charge on any atom is -0.149 e. The Morgan fingerprint density at radius 1 is 0.750 bits per heavy atom. The summed E-state index contributed by atoms with van der Waals surface area (Å²) < 4.78 is 0. The van der Waals surface area contributed by atoms with E-state index in [2.05, 4.69) is 25.6 Å². The summed E-state index contributed by atoms with van der Waals surface area (Å²) >= 11 is 0. The molecule has 98 valence electrons. The summed E-state index contributed by atoms with van der Waals surface area (Å²) in [5.74, 6) is 0.0349. The molecule has 0 saturated carbocycles. The molecule has 0 bridgehead atoms. The first kappa shape index (κ1) is 13.4. The van der Waals surface area contributed by atoms with Crippen molar-refractivity contribution in [1.82, 2.24) is 0 Å². The molecule has 0 atom stereocenters. The number of azo groups is 2. The summed E-state index contributed by atoms with van der Waals surface area (Å²) in [5, 5.41) is 18.2. The molecule has 0 aliphatic rings. The Morgan fingerprint density at radius 2 is 1.20 bits per heavy atom. The summed E-state index contributed by atoms with van der Waals surface area (Å²) in [6.07, 6.45) is 0.957. The SMILES string of the molecule is O=NC=C(N=Nc1ccccc1)N=Nc1ccccc1. The van der Waals surface area contributed by atoms with Crippen molar-refractivity contribution < 1.29 is 0 Å². The molecule has 0 fully saturated rings. The summed E-state index contributed by atoms with van der Waals surface area (Å²) in [5.41, 5.74) is 1.30. The zero-order valence-corrected chi connectivity index (χ0v) is 10.5. The van der Waals surface area contributed by atoms with Gasteiger partial charge in [-0.2, -0.15) is 0 Å². The second-order valence-electron chi connectivity index (χ2n) is 3.66. The van der Waals surface area contributed by atoms with Gasteiger partial charge in [-0.1, -0.05) is 36.4 Å². The Balaban J connectivity index is 2.12. The van der Waals surface area contributed by atoms with Gasteiger partial charge in [-0.05, 0) is 29.4 Å². The highest BCUT2D eigenvalue weighted by Crippen LogP contribution is 2.16. The summed E-state index contributed by atoms with van der Waals surface area (Å²) in [7, 11) is 0. The molecule has 2 aromatic rings. The Labute approximate surface area is 115 Å². The number of hydrogen-bond acceptors (Lipinski definition) is 6. The van der Waals surface area contributed by atoms with Gasteiger partial charge in [-0.15, -0.1) is 25.4 Å². The number of hydrogen-bond donors (Lipinski definition) is 0. The van der Waals surface area contributed by atoms with Gasteiger partial charge in [-0.25, -0.2) is 0 Å². The van der Waals surface area contributed by atoms with Crippen LogP contribution in [0.4, 0.5) is 11.4 Å². The second kappa shape index (κ2) is 7.42. The predicted octanol–water partition coefficient (Wildman–Crippen LogP) is 5.12. The van der Waals surface area contributed by atoms with E-state index in [0.717, 1.165) is 6.20 Å². The largest absolute Gasteiger partial charge is 0.218 e. The lowest BCUT2D eigenvalue weighted by Crippen LogP contribution is -1.70. The van der Waals surface area contributed by atoms with Crippen LogP contribution in [0.25, 0.3) is 0 Å². The van der Waals surface area contributed by atoms with Gasteiger partial charge in [0.1, 0.15) is 6.20 Å². The predicted molar refractivity (Wildman–Crippen MR) is 75.8 cm³/mol. The van der Waals surface area contributed by atoms with Crippen LogP contribution in [0.5, 0.6) is 0 Å². The topological polar surface area (TPSA) is 78.9 Å². The molecular weight excluding hydrogens is 254 g/mol. The first-order valence-electron chi connectivity index (χ1n) is 5.85. The summed E-state index contributed by atoms with van der Waals surface area (Å²) in [4.78, 5) is 10.3. The molecule has 0 amide bonds. The highest BCUT2D eigenvalue weighted by molar-refractivity contribution is 5.36. The van der Waals surface area contributed by atoms with E-state index in [4.69, 9.17) is 0 Å². The number of nitrogens with zero attached hydrogens (tertiary/aromatic N) is 5. The molecule has 0 saturated heterocycles. The summed E-state index contributed by atoms with van der Waals surface area (Å²) in [6, 6.07) is 18.2. The fourth-order valence-electron chi connectivity index (χ4n) is 1.33. The molecule has 0 spiro atoms. The Kier molecular flexibility index (Phi) is 4.98. The zero-order valence-electron chi connectivity index (χ0n) is 10.5. The molecule has 6 nitrogen and oxygen atoms in total. The van der Waals surface area contributed by atoms with Crippen molar-refractivity contribution in [2.24, 2.45) is 25.6 Å². The molecule has 0 aromatic heterocycles. The van der Waals surface area contributed by atoms with E-state index in [1.54, 1.807) is 24.3 Å². The minimum atomic E-state index is 0.0349. The third-order valence-electron chi connectivity index (χ3n) is 2.22. The molecule has 0 unspecified atom stereocenters. The van der Waals surface area contributed by atoms with Crippen LogP contribution in [0.15, 0.2) is 98.3 Å². The number of rotatable bonds is 5. The van der Waals surface area contributed by atoms with Gasteiger partial charge >= 0.3 is 0 Å². The maximum absolute atomic E-state index is 10.3. The van der Waals surface area contributed by atoms with Gasteiger partial charge in [0.2, 0.25) is 5.82 Å². The van der Waals surface area contributed by atoms with Crippen LogP contribution in [0.2, 0.25) is 0 Å². The van der Waals surface area contributed by atoms with E-state index < -0.39 is 0 Å². The van der Waals surface area contributed by atoms with E-state index in [9.17, 15) is 4.91 Å². The van der Waals surface area contributed by atoms with Crippen molar-refractivity contribution in [2.45, 2.75) is 0 Å². The highest BCUT2D eigenvalue weighted by atomic mass is 16.2. The fraction of sp³-hybridized carbons (Fsp3) is 0. The molecule has 0 aliphatic carbocycles. The van der Waals surface area contributed by atoms with E-state index in [1.165, 1.54) is 0 Å². The van der Waals surface area contributed by atoms with Crippen LogP contribution in [0.3, 0.4) is 0 Å². The molecule has 0 radical (unpaired) electrons. The molecule has 0 N–H and O–H groups in total. The van der Waals surface area contributed by atoms with E-state index in [-0.39, 0.29) is 5.82 Å². The lowest BCUT2D eigenvalue weighted by molar-refractivity contribution is 1.02. The Hall–Kier alpha value is -3.02. The van der Waals surface area contributed by atoms with Crippen LogP contribution < -0.4 is 0 Å². The van der Waals surface area contributed by atoms with Gasteiger partial charge < -0.3 is 0 Å². The molecule has 2 rings (SSSR count). The molecule has 0 heterocycles. The zero-order chi connectivity index (χ0) is 14.0. The lowest BCUT2D eigenvalue weighted by atomic mass is 10.3. The van der Waals surface area contributed by atoms with E-state index in [0.29, 0.717) is 11.4 Å². The van der Waals surface area contributed by atoms with Crippen molar-refractivity contribution >= 4 is 11.4 Å². The normalized spacial score (nSPS) is 10.8. The Bertz CT molecular complexity index is 584. The average Bonchev–Trinajstić information content (AvgIpc) is 2.52. The van der Waals surface area contributed by atoms with E-state index in [1.807, 2.05) is 36.4 Å². The lowest BCUT2D eigenvalue weighted by Gasteiger charge is -1.92. The van der Waals surface area contributed by atoms with Gasteiger partial charge in [0, 0.05) is 0 Å². The van der Waals surface area contributed by atoms with Crippen LogP contribution >= 0.6 is 0 Å². The van der Waals surface area contributed by atoms with Crippen LogP contribution in [-0.2, 0) is 0 Å². The molecular formula is C14H11N5O. The number of nitroso groups, excluding NO2 is 1. The smallest absolute Gasteiger partial charge is 0.149 e. The van der Waals surface area contributed by atoms with E-state index >= 15 is 0 Å². The van der Waals surface area contributed by atoms with Crippen LogP contribution in [-0.4, -0.2) is 0 Å². The van der Waals surface area contributed by atoms with Crippen molar-refractivity contribution in [2.75, 3.05) is 0 Å². The minimum absolute atomic E-state index is 0.0349. The maximum atomic E-state index is 10.3. The van der Waals surface area contributed by atoms with Crippen molar-refractivity contribution in [3.8, 4) is 0 Å². The van der Waals surface area contributed by atoms with Gasteiger partial charge in [0.05, 0.1) is 11.4 Å². The second-order valence-corrected chi connectivity index (χ2v) is 3.66. The van der Waals surface area contributed by atoms with Crippen molar-refractivity contribution in [1.29, 1.82) is 0 Å². The molecule has 2 aromatic carbocycles. The van der Waals surface area contributed by atoms with Gasteiger partial charge in [0.25, 0.3) is 0 Å². The molecule has 6 heteroatoms. The monoisotopic (exact) mass is 265 g/mol. The van der Waals surface area contributed by atoms with Crippen molar-refractivity contribution in [3.63, 3.8) is 0 Å². The maximum Gasteiger partial charge on any atom is 0.218 e. The third-order valence-corrected chi connectivity index (χ3v) is 2.22. The number of benzene rings is 2. The molecule has 0 aliphatic heterocycles. The summed E-state index contributed by atoms with van der Waals surface area (Å²) in [6.45, 7) is 0. The highest BCUT2D eigenvalue weighted by Gasteiger charge is 1.94. The van der Waals surface area contributed by atoms with Gasteiger partial charge in [0.15, 0.2) is 0 Å². The Morgan fingerprint density at radius 3 is 1.60 bits per heavy atom. The quantitative estimate of drug-likeness (QED) is 0.545. The third kappa shape index (κ3) is 4.34. The fourth-order valence-corrected chi connectivity index (χ4v) is 1.33. The van der Waals surface area contributed by atoms with Gasteiger partial charge in [-0.3, -0.25) is 0 Å². The van der Waals surface area contributed by atoms with Crippen LogP contribution in [0, 0.1) is 4.91 Å². The van der Waals surface area contributed by atoms with Crippen molar-refractivity contribution in [3.05, 3.63) is 77.6 Å². The first-order chi connectivity index (χ1) is 9.88.